The molecule has 0 radical (unpaired) electrons. The first-order valence-corrected chi connectivity index (χ1v) is 9.28. The first kappa shape index (κ1) is 17.5. The molecule has 0 spiro atoms. The summed E-state index contributed by atoms with van der Waals surface area (Å²) < 4.78 is 30.7. The van der Waals surface area contributed by atoms with E-state index in [-0.39, 0.29) is 6.04 Å². The van der Waals surface area contributed by atoms with Crippen molar-refractivity contribution in [1.82, 2.24) is 9.47 Å². The van der Waals surface area contributed by atoms with Crippen molar-refractivity contribution < 1.29 is 8.78 Å². The summed E-state index contributed by atoms with van der Waals surface area (Å²) in [5.41, 5.74) is 3.85. The van der Waals surface area contributed by atoms with Gasteiger partial charge >= 0.3 is 0 Å². The van der Waals surface area contributed by atoms with Crippen molar-refractivity contribution in [3.8, 4) is 0 Å². The standard InChI is InChI=1S/C21H21ClF2N2/c1-13-20-17-11-16(23)12-18(24)21(17)26(19(20)8-9-25(13)2)10-7-14-3-5-15(22)6-4-14/h3-6,11-13H,7-10H2,1-2H3. The number of hydrogen-bond donors (Lipinski definition) is 0. The van der Waals surface area contributed by atoms with E-state index in [0.29, 0.717) is 22.5 Å². The van der Waals surface area contributed by atoms with Crippen molar-refractivity contribution in [2.45, 2.75) is 32.4 Å². The van der Waals surface area contributed by atoms with Crippen molar-refractivity contribution in [2.75, 3.05) is 13.6 Å². The molecule has 1 unspecified atom stereocenters. The zero-order valence-electron chi connectivity index (χ0n) is 14.9. The molecule has 0 saturated heterocycles. The maximum atomic E-state index is 14.7. The van der Waals surface area contributed by atoms with Gasteiger partial charge in [0.25, 0.3) is 0 Å². The lowest BCUT2D eigenvalue weighted by Crippen LogP contribution is -2.31. The summed E-state index contributed by atoms with van der Waals surface area (Å²) in [5.74, 6) is -1.01. The van der Waals surface area contributed by atoms with Gasteiger partial charge in [0.1, 0.15) is 11.6 Å². The predicted molar refractivity (Wildman–Crippen MR) is 102 cm³/mol. The Morgan fingerprint density at radius 2 is 1.88 bits per heavy atom. The molecule has 0 aliphatic carbocycles. The molecule has 3 aromatic rings. The number of benzene rings is 2. The van der Waals surface area contributed by atoms with Crippen LogP contribution in [-0.4, -0.2) is 23.1 Å². The highest BCUT2D eigenvalue weighted by molar-refractivity contribution is 6.30. The molecule has 2 nitrogen and oxygen atoms in total. The van der Waals surface area contributed by atoms with Gasteiger partial charge in [-0.05, 0) is 49.7 Å². The molecule has 26 heavy (non-hydrogen) atoms. The van der Waals surface area contributed by atoms with E-state index in [1.807, 2.05) is 24.3 Å². The van der Waals surface area contributed by atoms with Crippen LogP contribution in [0.4, 0.5) is 8.78 Å². The monoisotopic (exact) mass is 374 g/mol. The van der Waals surface area contributed by atoms with Crippen molar-refractivity contribution in [2.24, 2.45) is 0 Å². The summed E-state index contributed by atoms with van der Waals surface area (Å²) >= 11 is 5.95. The number of nitrogens with zero attached hydrogens (tertiary/aromatic N) is 2. The van der Waals surface area contributed by atoms with Gasteiger partial charge in [-0.1, -0.05) is 23.7 Å². The van der Waals surface area contributed by atoms with Crippen molar-refractivity contribution in [1.29, 1.82) is 0 Å². The number of hydrogen-bond acceptors (Lipinski definition) is 1. The van der Waals surface area contributed by atoms with Crippen LogP contribution in [0.5, 0.6) is 0 Å². The average molecular weight is 375 g/mol. The van der Waals surface area contributed by atoms with Gasteiger partial charge in [-0.2, -0.15) is 0 Å². The summed E-state index contributed by atoms with van der Waals surface area (Å²) in [6.45, 7) is 3.67. The van der Waals surface area contributed by atoms with E-state index in [1.165, 1.54) is 6.07 Å². The number of halogens is 3. The summed E-state index contributed by atoms with van der Waals surface area (Å²) in [4.78, 5) is 2.23. The zero-order chi connectivity index (χ0) is 18.4. The molecule has 1 aliphatic heterocycles. The lowest BCUT2D eigenvalue weighted by atomic mass is 9.97. The van der Waals surface area contributed by atoms with Gasteiger partial charge in [-0.25, -0.2) is 8.78 Å². The molecule has 136 valence electrons. The smallest absolute Gasteiger partial charge is 0.150 e. The lowest BCUT2D eigenvalue weighted by Gasteiger charge is -2.31. The van der Waals surface area contributed by atoms with Gasteiger partial charge in [-0.3, -0.25) is 4.90 Å². The SMILES string of the molecule is CC1c2c(n(CCc3ccc(Cl)cc3)c3c(F)cc(F)cc23)CCN1C. The molecule has 1 atom stereocenters. The molecule has 4 rings (SSSR count). The van der Waals surface area contributed by atoms with E-state index in [9.17, 15) is 8.78 Å². The second-order valence-electron chi connectivity index (χ2n) is 7.08. The Kier molecular flexibility index (Phi) is 4.49. The van der Waals surface area contributed by atoms with Crippen LogP contribution >= 0.6 is 11.6 Å². The number of rotatable bonds is 3. The first-order chi connectivity index (χ1) is 12.5. The highest BCUT2D eigenvalue weighted by atomic mass is 35.5. The van der Waals surface area contributed by atoms with E-state index < -0.39 is 11.6 Å². The molecule has 0 amide bonds. The Morgan fingerprint density at radius 1 is 1.15 bits per heavy atom. The largest absolute Gasteiger partial charge is 0.341 e. The van der Waals surface area contributed by atoms with E-state index in [2.05, 4.69) is 23.4 Å². The predicted octanol–water partition coefficient (Wildman–Crippen LogP) is 5.36. The minimum atomic E-state index is -0.520. The van der Waals surface area contributed by atoms with Crippen molar-refractivity contribution >= 4 is 22.5 Å². The summed E-state index contributed by atoms with van der Waals surface area (Å²) in [5, 5.41) is 1.41. The first-order valence-electron chi connectivity index (χ1n) is 8.90. The van der Waals surface area contributed by atoms with Gasteiger partial charge in [0, 0.05) is 47.7 Å². The van der Waals surface area contributed by atoms with Crippen LogP contribution in [0.1, 0.15) is 29.8 Å². The fourth-order valence-corrected chi connectivity index (χ4v) is 4.18. The van der Waals surface area contributed by atoms with Crippen LogP contribution in [-0.2, 0) is 19.4 Å². The quantitative estimate of drug-likeness (QED) is 0.598. The molecule has 0 fully saturated rings. The number of aromatic nitrogens is 1. The number of likely N-dealkylation sites (N-methyl/N-ethyl adjacent to an activating group) is 1. The second kappa shape index (κ2) is 6.67. The fourth-order valence-electron chi connectivity index (χ4n) is 4.05. The van der Waals surface area contributed by atoms with E-state index in [1.54, 1.807) is 0 Å². The second-order valence-corrected chi connectivity index (χ2v) is 7.52. The van der Waals surface area contributed by atoms with Crippen LogP contribution in [0.25, 0.3) is 10.9 Å². The average Bonchev–Trinajstić information content (AvgIpc) is 2.92. The van der Waals surface area contributed by atoms with E-state index in [4.69, 9.17) is 11.6 Å². The van der Waals surface area contributed by atoms with Gasteiger partial charge in [0.05, 0.1) is 5.52 Å². The molecule has 5 heteroatoms. The van der Waals surface area contributed by atoms with Gasteiger partial charge in [-0.15, -0.1) is 0 Å². The topological polar surface area (TPSA) is 8.17 Å². The van der Waals surface area contributed by atoms with Crippen LogP contribution in [0.3, 0.4) is 0 Å². The van der Waals surface area contributed by atoms with Gasteiger partial charge < -0.3 is 4.57 Å². The van der Waals surface area contributed by atoms with Crippen LogP contribution in [0.2, 0.25) is 5.02 Å². The highest BCUT2D eigenvalue weighted by Gasteiger charge is 2.29. The van der Waals surface area contributed by atoms with Crippen LogP contribution in [0.15, 0.2) is 36.4 Å². The molecule has 0 N–H and O–H groups in total. The minimum Gasteiger partial charge on any atom is -0.341 e. The van der Waals surface area contributed by atoms with Crippen LogP contribution in [0, 0.1) is 11.6 Å². The Bertz CT molecular complexity index is 963. The molecular formula is C21H21ClF2N2. The Morgan fingerprint density at radius 3 is 2.62 bits per heavy atom. The zero-order valence-corrected chi connectivity index (χ0v) is 15.7. The van der Waals surface area contributed by atoms with Crippen molar-refractivity contribution in [3.05, 3.63) is 69.9 Å². The Balaban J connectivity index is 1.82. The van der Waals surface area contributed by atoms with E-state index >= 15 is 0 Å². The highest BCUT2D eigenvalue weighted by Crippen LogP contribution is 2.38. The third kappa shape index (κ3) is 2.91. The lowest BCUT2D eigenvalue weighted by molar-refractivity contribution is 0.245. The summed E-state index contributed by atoms with van der Waals surface area (Å²) in [6.07, 6.45) is 1.61. The third-order valence-electron chi connectivity index (χ3n) is 5.54. The Labute approximate surface area is 157 Å². The van der Waals surface area contributed by atoms with Crippen LogP contribution < -0.4 is 0 Å². The van der Waals surface area contributed by atoms with Gasteiger partial charge in [0.15, 0.2) is 0 Å². The fraction of sp³-hybridized carbons (Fsp3) is 0.333. The normalized spacial score (nSPS) is 17.7. The molecule has 0 saturated carbocycles. The maximum Gasteiger partial charge on any atom is 0.150 e. The summed E-state index contributed by atoms with van der Waals surface area (Å²) in [7, 11) is 2.06. The maximum absolute atomic E-state index is 14.7. The summed E-state index contributed by atoms with van der Waals surface area (Å²) in [6, 6.07) is 10.3. The third-order valence-corrected chi connectivity index (χ3v) is 5.79. The minimum absolute atomic E-state index is 0.138. The Hall–Kier alpha value is -1.91. The van der Waals surface area contributed by atoms with Gasteiger partial charge in [0.2, 0.25) is 0 Å². The number of aryl methyl sites for hydroxylation is 2. The van der Waals surface area contributed by atoms with Crippen molar-refractivity contribution in [3.63, 3.8) is 0 Å². The molecule has 0 bridgehead atoms. The molecular weight excluding hydrogens is 354 g/mol. The molecule has 1 aliphatic rings. The molecule has 2 aromatic carbocycles. The number of fused-ring (bicyclic) bond motifs is 3. The molecule has 1 aromatic heterocycles. The molecule has 2 heterocycles. The van der Waals surface area contributed by atoms with E-state index in [0.717, 1.165) is 42.3 Å².